The summed E-state index contributed by atoms with van der Waals surface area (Å²) in [7, 11) is -0.445. The predicted octanol–water partition coefficient (Wildman–Crippen LogP) is 2.79. The second kappa shape index (κ2) is 5.23. The van der Waals surface area contributed by atoms with Gasteiger partial charge in [0.2, 0.25) is 10.0 Å². The number of H-pyrrole nitrogens is 1. The van der Waals surface area contributed by atoms with Crippen LogP contribution in [0.1, 0.15) is 5.69 Å². The van der Waals surface area contributed by atoms with Crippen molar-refractivity contribution in [3.8, 4) is 11.1 Å². The molecule has 2 aromatic heterocycles. The summed E-state index contributed by atoms with van der Waals surface area (Å²) in [6.45, 7) is 1.94. The average Bonchev–Trinajstić information content (AvgIpc) is 2.82. The molecule has 0 unspecified atom stereocenters. The van der Waals surface area contributed by atoms with Crippen LogP contribution in [0, 0.1) is 6.92 Å². The topological polar surface area (TPSA) is 66.1 Å². The minimum atomic E-state index is -3.52. The van der Waals surface area contributed by atoms with E-state index in [1.165, 1.54) is 18.4 Å². The molecule has 3 rings (SSSR count). The Hall–Kier alpha value is -2.18. The number of sulfonamides is 1. The van der Waals surface area contributed by atoms with Gasteiger partial charge in [0.25, 0.3) is 0 Å². The first-order valence-electron chi connectivity index (χ1n) is 6.87. The number of aryl methyl sites for hydroxylation is 1. The summed E-state index contributed by atoms with van der Waals surface area (Å²) >= 11 is 0. The molecule has 0 radical (unpaired) electrons. The van der Waals surface area contributed by atoms with Gasteiger partial charge in [-0.25, -0.2) is 12.7 Å². The van der Waals surface area contributed by atoms with Crippen LogP contribution in [0.15, 0.2) is 47.6 Å². The van der Waals surface area contributed by atoms with Crippen LogP contribution in [-0.2, 0) is 10.0 Å². The van der Waals surface area contributed by atoms with E-state index in [9.17, 15) is 8.42 Å². The van der Waals surface area contributed by atoms with Crippen LogP contribution in [0.3, 0.4) is 0 Å². The quantitative estimate of drug-likeness (QED) is 0.808. The monoisotopic (exact) mass is 315 g/mol. The van der Waals surface area contributed by atoms with E-state index in [1.807, 2.05) is 25.1 Å². The van der Waals surface area contributed by atoms with Crippen molar-refractivity contribution < 1.29 is 8.42 Å². The number of aromatic nitrogens is 2. The molecule has 0 saturated carbocycles. The maximum atomic E-state index is 12.6. The van der Waals surface area contributed by atoms with Crippen molar-refractivity contribution in [1.82, 2.24) is 14.3 Å². The largest absolute Gasteiger partial charge is 0.358 e. The molecule has 3 aromatic rings. The Labute approximate surface area is 129 Å². The SMILES string of the molecule is Cc1[nH]c2ccncc2c1-c1ccccc1S(=O)(=O)N(C)C. The van der Waals surface area contributed by atoms with Gasteiger partial charge in [-0.3, -0.25) is 4.98 Å². The zero-order valence-corrected chi connectivity index (χ0v) is 13.5. The molecule has 1 N–H and O–H groups in total. The zero-order valence-electron chi connectivity index (χ0n) is 12.7. The second-order valence-corrected chi connectivity index (χ2v) is 7.45. The Morgan fingerprint density at radius 1 is 1.14 bits per heavy atom. The highest BCUT2D eigenvalue weighted by Crippen LogP contribution is 2.36. The Morgan fingerprint density at radius 2 is 1.86 bits per heavy atom. The number of benzene rings is 1. The highest BCUT2D eigenvalue weighted by molar-refractivity contribution is 7.89. The minimum Gasteiger partial charge on any atom is -0.358 e. The molecule has 0 aliphatic carbocycles. The maximum Gasteiger partial charge on any atom is 0.243 e. The fourth-order valence-corrected chi connectivity index (χ4v) is 3.70. The molecule has 6 heteroatoms. The van der Waals surface area contributed by atoms with Crippen LogP contribution < -0.4 is 0 Å². The average molecular weight is 315 g/mol. The molecular formula is C16H17N3O2S. The van der Waals surface area contributed by atoms with Gasteiger partial charge in [-0.05, 0) is 19.1 Å². The summed E-state index contributed by atoms with van der Waals surface area (Å²) in [5, 5.41) is 0.918. The van der Waals surface area contributed by atoms with Crippen LogP contribution in [0.2, 0.25) is 0 Å². The van der Waals surface area contributed by atoms with E-state index in [-0.39, 0.29) is 0 Å². The number of hydrogen-bond acceptors (Lipinski definition) is 3. The first-order valence-corrected chi connectivity index (χ1v) is 8.31. The number of nitrogens with zero attached hydrogens (tertiary/aromatic N) is 2. The molecule has 0 saturated heterocycles. The normalized spacial score (nSPS) is 12.2. The lowest BCUT2D eigenvalue weighted by Crippen LogP contribution is -2.22. The van der Waals surface area contributed by atoms with E-state index in [0.29, 0.717) is 10.5 Å². The van der Waals surface area contributed by atoms with Crippen molar-refractivity contribution in [2.45, 2.75) is 11.8 Å². The van der Waals surface area contributed by atoms with Gasteiger partial charge in [0.1, 0.15) is 0 Å². The summed E-state index contributed by atoms with van der Waals surface area (Å²) in [5.74, 6) is 0. The molecule has 1 aromatic carbocycles. The molecule has 114 valence electrons. The molecule has 0 spiro atoms. The lowest BCUT2D eigenvalue weighted by Gasteiger charge is -2.15. The minimum absolute atomic E-state index is 0.299. The van der Waals surface area contributed by atoms with E-state index in [4.69, 9.17) is 0 Å². The number of aromatic amines is 1. The Balaban J connectivity index is 2.36. The van der Waals surface area contributed by atoms with Crippen molar-refractivity contribution in [1.29, 1.82) is 0 Å². The third kappa shape index (κ3) is 2.20. The molecule has 0 bridgehead atoms. The Kier molecular flexibility index (Phi) is 3.50. The smallest absolute Gasteiger partial charge is 0.243 e. The van der Waals surface area contributed by atoms with Gasteiger partial charge in [0, 0.05) is 54.2 Å². The lowest BCUT2D eigenvalue weighted by atomic mass is 10.0. The van der Waals surface area contributed by atoms with Gasteiger partial charge in [-0.15, -0.1) is 0 Å². The fourth-order valence-electron chi connectivity index (χ4n) is 2.61. The number of hydrogen-bond donors (Lipinski definition) is 1. The predicted molar refractivity (Wildman–Crippen MR) is 87.1 cm³/mol. The van der Waals surface area contributed by atoms with Gasteiger partial charge >= 0.3 is 0 Å². The van der Waals surface area contributed by atoms with E-state index in [0.717, 1.165) is 22.2 Å². The van der Waals surface area contributed by atoms with Gasteiger partial charge in [-0.2, -0.15) is 0 Å². The molecule has 0 aliphatic rings. The highest BCUT2D eigenvalue weighted by Gasteiger charge is 2.23. The molecule has 0 atom stereocenters. The van der Waals surface area contributed by atoms with Crippen LogP contribution >= 0.6 is 0 Å². The second-order valence-electron chi connectivity index (χ2n) is 5.33. The molecule has 0 aliphatic heterocycles. The van der Waals surface area contributed by atoms with E-state index >= 15 is 0 Å². The van der Waals surface area contributed by atoms with Crippen LogP contribution in [0.5, 0.6) is 0 Å². The van der Waals surface area contributed by atoms with Crippen LogP contribution in [0.4, 0.5) is 0 Å². The van der Waals surface area contributed by atoms with E-state index in [1.54, 1.807) is 24.5 Å². The fraction of sp³-hybridized carbons (Fsp3) is 0.188. The third-order valence-electron chi connectivity index (χ3n) is 3.70. The van der Waals surface area contributed by atoms with Crippen LogP contribution in [0.25, 0.3) is 22.0 Å². The van der Waals surface area contributed by atoms with Crippen LogP contribution in [-0.4, -0.2) is 36.8 Å². The number of rotatable bonds is 3. The van der Waals surface area contributed by atoms with Crippen molar-refractivity contribution in [2.75, 3.05) is 14.1 Å². The first-order chi connectivity index (χ1) is 10.4. The first kappa shape index (κ1) is 14.7. The summed E-state index contributed by atoms with van der Waals surface area (Å²) in [6.07, 6.45) is 3.47. The Bertz CT molecular complexity index is 943. The maximum absolute atomic E-state index is 12.6. The van der Waals surface area contributed by atoms with Gasteiger partial charge in [0.15, 0.2) is 0 Å². The standard InChI is InChI=1S/C16H17N3O2S/c1-11-16(13-10-17-9-8-14(13)18-11)12-6-4-5-7-15(12)22(20,21)19(2)3/h4-10,18H,1-3H3. The molecule has 22 heavy (non-hydrogen) atoms. The number of nitrogens with one attached hydrogen (secondary N) is 1. The number of fused-ring (bicyclic) bond motifs is 1. The van der Waals surface area contributed by atoms with Gasteiger partial charge in [0.05, 0.1) is 4.90 Å². The van der Waals surface area contributed by atoms with Crippen molar-refractivity contribution >= 4 is 20.9 Å². The third-order valence-corrected chi connectivity index (χ3v) is 5.58. The van der Waals surface area contributed by atoms with Crippen molar-refractivity contribution in [2.24, 2.45) is 0 Å². The molecule has 5 nitrogen and oxygen atoms in total. The summed E-state index contributed by atoms with van der Waals surface area (Å²) in [6, 6.07) is 8.94. The zero-order chi connectivity index (χ0) is 15.9. The van der Waals surface area contributed by atoms with Crippen molar-refractivity contribution in [3.63, 3.8) is 0 Å². The lowest BCUT2D eigenvalue weighted by molar-refractivity contribution is 0.521. The number of pyridine rings is 1. The Morgan fingerprint density at radius 3 is 2.59 bits per heavy atom. The van der Waals surface area contributed by atoms with Gasteiger partial charge < -0.3 is 4.98 Å². The molecule has 0 fully saturated rings. The van der Waals surface area contributed by atoms with Gasteiger partial charge in [-0.1, -0.05) is 18.2 Å². The molecular weight excluding hydrogens is 298 g/mol. The summed E-state index contributed by atoms with van der Waals surface area (Å²) in [5.41, 5.74) is 3.43. The highest BCUT2D eigenvalue weighted by atomic mass is 32.2. The van der Waals surface area contributed by atoms with E-state index < -0.39 is 10.0 Å². The van der Waals surface area contributed by atoms with E-state index in [2.05, 4.69) is 9.97 Å². The summed E-state index contributed by atoms with van der Waals surface area (Å²) < 4.78 is 26.4. The molecule has 0 amide bonds. The summed E-state index contributed by atoms with van der Waals surface area (Å²) in [4.78, 5) is 7.74. The van der Waals surface area contributed by atoms with Crippen molar-refractivity contribution in [3.05, 3.63) is 48.4 Å². The molecule has 2 heterocycles.